The van der Waals surface area contributed by atoms with Gasteiger partial charge in [0.05, 0.1) is 12.0 Å². The van der Waals surface area contributed by atoms with E-state index in [1.807, 2.05) is 19.6 Å². The summed E-state index contributed by atoms with van der Waals surface area (Å²) >= 11 is 0. The number of aromatic nitrogens is 2. The second-order valence-corrected chi connectivity index (χ2v) is 5.29. The molecule has 0 aromatic carbocycles. The van der Waals surface area contributed by atoms with Crippen molar-refractivity contribution in [3.63, 3.8) is 0 Å². The molecule has 0 saturated heterocycles. The molecule has 0 spiro atoms. The Balaban J connectivity index is 2.13. The summed E-state index contributed by atoms with van der Waals surface area (Å²) in [5, 5.41) is 3.21. The molecule has 1 aliphatic rings. The Morgan fingerprint density at radius 2 is 2.25 bits per heavy atom. The van der Waals surface area contributed by atoms with Crippen LogP contribution in [0, 0.1) is 11.8 Å². The van der Waals surface area contributed by atoms with Crippen molar-refractivity contribution in [2.45, 2.75) is 45.7 Å². The Morgan fingerprint density at radius 3 is 2.94 bits per heavy atom. The lowest BCUT2D eigenvalue weighted by Gasteiger charge is -2.34. The Morgan fingerprint density at radius 1 is 1.44 bits per heavy atom. The standard InChI is InChI=1S/C13H23N3/c1-10-4-5-13(11(2)6-10)16-9-15-8-12(16)7-14-3/h8-11,13-14H,4-7H2,1-3H3. The lowest BCUT2D eigenvalue weighted by atomic mass is 9.79. The summed E-state index contributed by atoms with van der Waals surface area (Å²) in [5.41, 5.74) is 1.31. The largest absolute Gasteiger partial charge is 0.330 e. The molecule has 0 bridgehead atoms. The van der Waals surface area contributed by atoms with Crippen molar-refractivity contribution in [2.24, 2.45) is 11.8 Å². The fourth-order valence-electron chi connectivity index (χ4n) is 3.01. The molecule has 0 aliphatic heterocycles. The zero-order chi connectivity index (χ0) is 11.5. The van der Waals surface area contributed by atoms with Gasteiger partial charge < -0.3 is 9.88 Å². The number of nitrogens with one attached hydrogen (secondary N) is 1. The quantitative estimate of drug-likeness (QED) is 0.850. The third kappa shape index (κ3) is 2.29. The Kier molecular flexibility index (Phi) is 3.64. The van der Waals surface area contributed by atoms with E-state index in [0.717, 1.165) is 18.4 Å². The summed E-state index contributed by atoms with van der Waals surface area (Å²) in [6, 6.07) is 0.655. The van der Waals surface area contributed by atoms with Gasteiger partial charge in [0.2, 0.25) is 0 Å². The van der Waals surface area contributed by atoms with E-state index < -0.39 is 0 Å². The second-order valence-electron chi connectivity index (χ2n) is 5.29. The first kappa shape index (κ1) is 11.6. The Bertz CT molecular complexity index is 332. The van der Waals surface area contributed by atoms with Crippen LogP contribution in [-0.2, 0) is 6.54 Å². The molecule has 1 aliphatic carbocycles. The molecule has 1 fully saturated rings. The fourth-order valence-corrected chi connectivity index (χ4v) is 3.01. The first-order chi connectivity index (χ1) is 7.72. The third-order valence-corrected chi connectivity index (χ3v) is 3.85. The van der Waals surface area contributed by atoms with Crippen molar-refractivity contribution in [3.05, 3.63) is 18.2 Å². The minimum absolute atomic E-state index is 0.655. The highest BCUT2D eigenvalue weighted by molar-refractivity contribution is 5.01. The predicted octanol–water partition coefficient (Wildman–Crippen LogP) is 2.60. The first-order valence-electron chi connectivity index (χ1n) is 6.37. The molecule has 16 heavy (non-hydrogen) atoms. The van der Waals surface area contributed by atoms with Crippen LogP contribution in [0.15, 0.2) is 12.5 Å². The van der Waals surface area contributed by atoms with E-state index in [0.29, 0.717) is 6.04 Å². The molecular formula is C13H23N3. The summed E-state index contributed by atoms with van der Waals surface area (Å²) < 4.78 is 2.38. The van der Waals surface area contributed by atoms with Gasteiger partial charge in [-0.05, 0) is 38.1 Å². The monoisotopic (exact) mass is 221 g/mol. The Labute approximate surface area is 98.3 Å². The van der Waals surface area contributed by atoms with Crippen molar-refractivity contribution < 1.29 is 0 Å². The normalized spacial score (nSPS) is 30.6. The number of hydrogen-bond acceptors (Lipinski definition) is 2. The maximum absolute atomic E-state index is 4.29. The predicted molar refractivity (Wildman–Crippen MR) is 66.2 cm³/mol. The molecule has 90 valence electrons. The van der Waals surface area contributed by atoms with Gasteiger partial charge in [0.15, 0.2) is 0 Å². The number of imidazole rings is 1. The SMILES string of the molecule is CNCc1cncn1C1CCC(C)CC1C. The van der Waals surface area contributed by atoms with E-state index in [9.17, 15) is 0 Å². The maximum Gasteiger partial charge on any atom is 0.0951 e. The average molecular weight is 221 g/mol. The number of rotatable bonds is 3. The molecule has 1 aromatic rings. The minimum atomic E-state index is 0.655. The molecule has 0 amide bonds. The van der Waals surface area contributed by atoms with Gasteiger partial charge in [-0.25, -0.2) is 4.98 Å². The van der Waals surface area contributed by atoms with Crippen LogP contribution in [0.25, 0.3) is 0 Å². The van der Waals surface area contributed by atoms with Crippen LogP contribution >= 0.6 is 0 Å². The van der Waals surface area contributed by atoms with Gasteiger partial charge in [-0.15, -0.1) is 0 Å². The minimum Gasteiger partial charge on any atom is -0.330 e. The molecule has 1 aromatic heterocycles. The van der Waals surface area contributed by atoms with Crippen LogP contribution in [0.1, 0.15) is 44.8 Å². The maximum atomic E-state index is 4.29. The topological polar surface area (TPSA) is 29.9 Å². The van der Waals surface area contributed by atoms with Crippen LogP contribution in [-0.4, -0.2) is 16.6 Å². The molecule has 3 nitrogen and oxygen atoms in total. The second kappa shape index (κ2) is 5.00. The molecule has 2 rings (SSSR count). The van der Waals surface area contributed by atoms with Crippen molar-refractivity contribution >= 4 is 0 Å². The highest BCUT2D eigenvalue weighted by Gasteiger charge is 2.27. The van der Waals surface area contributed by atoms with Crippen LogP contribution < -0.4 is 5.32 Å². The summed E-state index contributed by atoms with van der Waals surface area (Å²) in [5.74, 6) is 1.66. The van der Waals surface area contributed by atoms with Crippen LogP contribution in [0.2, 0.25) is 0 Å². The fraction of sp³-hybridized carbons (Fsp3) is 0.769. The summed E-state index contributed by atoms with van der Waals surface area (Å²) in [7, 11) is 1.99. The van der Waals surface area contributed by atoms with Gasteiger partial charge in [-0.1, -0.05) is 13.8 Å². The summed E-state index contributed by atoms with van der Waals surface area (Å²) in [6.07, 6.45) is 7.99. The van der Waals surface area contributed by atoms with Gasteiger partial charge in [-0.3, -0.25) is 0 Å². The molecule has 3 unspecified atom stereocenters. The van der Waals surface area contributed by atoms with Gasteiger partial charge >= 0.3 is 0 Å². The number of hydrogen-bond donors (Lipinski definition) is 1. The third-order valence-electron chi connectivity index (χ3n) is 3.85. The zero-order valence-electron chi connectivity index (χ0n) is 10.6. The molecule has 0 radical (unpaired) electrons. The van der Waals surface area contributed by atoms with Gasteiger partial charge in [0, 0.05) is 18.8 Å². The molecule has 1 N–H and O–H groups in total. The highest BCUT2D eigenvalue weighted by Crippen LogP contribution is 2.37. The van der Waals surface area contributed by atoms with Crippen LogP contribution in [0.4, 0.5) is 0 Å². The first-order valence-corrected chi connectivity index (χ1v) is 6.37. The summed E-state index contributed by atoms with van der Waals surface area (Å²) in [4.78, 5) is 4.29. The highest BCUT2D eigenvalue weighted by atomic mass is 15.1. The van der Waals surface area contributed by atoms with Crippen molar-refractivity contribution in [1.82, 2.24) is 14.9 Å². The van der Waals surface area contributed by atoms with Crippen molar-refractivity contribution in [2.75, 3.05) is 7.05 Å². The van der Waals surface area contributed by atoms with Crippen LogP contribution in [0.3, 0.4) is 0 Å². The van der Waals surface area contributed by atoms with E-state index in [1.165, 1.54) is 25.0 Å². The van der Waals surface area contributed by atoms with Crippen molar-refractivity contribution in [3.8, 4) is 0 Å². The number of nitrogens with zero attached hydrogens (tertiary/aromatic N) is 2. The average Bonchev–Trinajstić information content (AvgIpc) is 2.67. The van der Waals surface area contributed by atoms with Crippen molar-refractivity contribution in [1.29, 1.82) is 0 Å². The van der Waals surface area contributed by atoms with Crippen LogP contribution in [0.5, 0.6) is 0 Å². The molecule has 1 heterocycles. The Hall–Kier alpha value is -0.830. The molecule has 3 atom stereocenters. The van der Waals surface area contributed by atoms with E-state index >= 15 is 0 Å². The van der Waals surface area contributed by atoms with Gasteiger partial charge in [-0.2, -0.15) is 0 Å². The lowest BCUT2D eigenvalue weighted by Crippen LogP contribution is -2.26. The van der Waals surface area contributed by atoms with E-state index in [2.05, 4.69) is 28.7 Å². The summed E-state index contributed by atoms with van der Waals surface area (Å²) in [6.45, 7) is 5.66. The van der Waals surface area contributed by atoms with E-state index in [1.54, 1.807) is 0 Å². The zero-order valence-corrected chi connectivity index (χ0v) is 10.6. The molecule has 1 saturated carbocycles. The molecular weight excluding hydrogens is 198 g/mol. The smallest absolute Gasteiger partial charge is 0.0951 e. The van der Waals surface area contributed by atoms with E-state index in [-0.39, 0.29) is 0 Å². The molecule has 3 heteroatoms. The van der Waals surface area contributed by atoms with Gasteiger partial charge in [0.1, 0.15) is 0 Å². The van der Waals surface area contributed by atoms with Gasteiger partial charge in [0.25, 0.3) is 0 Å². The lowest BCUT2D eigenvalue weighted by molar-refractivity contribution is 0.204. The van der Waals surface area contributed by atoms with E-state index in [4.69, 9.17) is 0 Å².